The second-order valence-corrected chi connectivity index (χ2v) is 5.24. The summed E-state index contributed by atoms with van der Waals surface area (Å²) in [6, 6.07) is 8.38. The number of aryl methyl sites for hydroxylation is 2. The zero-order valence-electron chi connectivity index (χ0n) is 11.6. The van der Waals surface area contributed by atoms with E-state index in [0.717, 1.165) is 29.4 Å². The van der Waals surface area contributed by atoms with Crippen LogP contribution in [0, 0.1) is 13.8 Å². The molecule has 0 saturated heterocycles. The first-order valence-electron chi connectivity index (χ1n) is 6.61. The van der Waals surface area contributed by atoms with Crippen molar-refractivity contribution in [1.82, 2.24) is 15.5 Å². The van der Waals surface area contributed by atoms with Crippen molar-refractivity contribution in [2.45, 2.75) is 39.8 Å². The molecular formula is C15H20ClN3. The van der Waals surface area contributed by atoms with Gasteiger partial charge in [0.25, 0.3) is 0 Å². The predicted octanol–water partition coefficient (Wildman–Crippen LogP) is 3.92. The number of aromatic amines is 1. The first-order valence-corrected chi connectivity index (χ1v) is 6.99. The van der Waals surface area contributed by atoms with E-state index in [1.807, 2.05) is 19.1 Å². The first-order chi connectivity index (χ1) is 9.11. The van der Waals surface area contributed by atoms with E-state index in [4.69, 9.17) is 11.6 Å². The Labute approximate surface area is 119 Å². The van der Waals surface area contributed by atoms with E-state index in [2.05, 4.69) is 41.5 Å². The minimum Gasteiger partial charge on any atom is -0.306 e. The quantitative estimate of drug-likeness (QED) is 0.870. The molecule has 0 bridgehead atoms. The number of H-pyrrole nitrogens is 1. The van der Waals surface area contributed by atoms with E-state index >= 15 is 0 Å². The molecule has 4 heteroatoms. The van der Waals surface area contributed by atoms with Gasteiger partial charge in [-0.15, -0.1) is 0 Å². The fourth-order valence-electron chi connectivity index (χ4n) is 2.25. The van der Waals surface area contributed by atoms with Crippen molar-refractivity contribution in [2.24, 2.45) is 0 Å². The van der Waals surface area contributed by atoms with Gasteiger partial charge in [0.05, 0.1) is 5.69 Å². The van der Waals surface area contributed by atoms with E-state index in [1.54, 1.807) is 0 Å². The molecule has 3 nitrogen and oxygen atoms in total. The second kappa shape index (κ2) is 6.22. The first kappa shape index (κ1) is 14.1. The summed E-state index contributed by atoms with van der Waals surface area (Å²) in [7, 11) is 0. The van der Waals surface area contributed by atoms with Crippen molar-refractivity contribution >= 4 is 11.6 Å². The maximum atomic E-state index is 5.93. The van der Waals surface area contributed by atoms with E-state index in [9.17, 15) is 0 Å². The zero-order chi connectivity index (χ0) is 13.8. The Hall–Kier alpha value is -1.32. The van der Waals surface area contributed by atoms with Gasteiger partial charge < -0.3 is 5.32 Å². The third kappa shape index (κ3) is 3.37. The summed E-state index contributed by atoms with van der Waals surface area (Å²) in [5.74, 6) is 0. The number of benzene rings is 1. The van der Waals surface area contributed by atoms with Gasteiger partial charge in [0.15, 0.2) is 0 Å². The zero-order valence-corrected chi connectivity index (χ0v) is 12.4. The number of rotatable bonds is 5. The predicted molar refractivity (Wildman–Crippen MR) is 79.4 cm³/mol. The highest BCUT2D eigenvalue weighted by molar-refractivity contribution is 6.30. The van der Waals surface area contributed by atoms with Crippen molar-refractivity contribution in [3.05, 3.63) is 51.8 Å². The van der Waals surface area contributed by atoms with Gasteiger partial charge in [-0.2, -0.15) is 5.10 Å². The lowest BCUT2D eigenvalue weighted by atomic mass is 10.0. The number of nitrogens with zero attached hydrogens (tertiary/aromatic N) is 1. The molecule has 1 heterocycles. The SMILES string of the molecule is CCC(NCc1c(C)n[nH]c1C)c1ccc(Cl)cc1. The Bertz CT molecular complexity index is 511. The monoisotopic (exact) mass is 277 g/mol. The molecule has 2 rings (SSSR count). The van der Waals surface area contributed by atoms with Crippen LogP contribution in [0.2, 0.25) is 5.02 Å². The maximum Gasteiger partial charge on any atom is 0.0638 e. The Morgan fingerprint density at radius 3 is 2.47 bits per heavy atom. The third-order valence-corrected chi connectivity index (χ3v) is 3.74. The van der Waals surface area contributed by atoms with E-state index < -0.39 is 0 Å². The number of hydrogen-bond donors (Lipinski definition) is 2. The van der Waals surface area contributed by atoms with Crippen LogP contribution in [0.25, 0.3) is 0 Å². The number of halogens is 1. The summed E-state index contributed by atoms with van der Waals surface area (Å²) in [5.41, 5.74) is 4.73. The topological polar surface area (TPSA) is 40.7 Å². The van der Waals surface area contributed by atoms with Gasteiger partial charge in [-0.25, -0.2) is 0 Å². The summed E-state index contributed by atoms with van der Waals surface area (Å²) in [4.78, 5) is 0. The molecule has 0 aliphatic rings. The Balaban J connectivity index is 2.06. The van der Waals surface area contributed by atoms with Gasteiger partial charge in [0.2, 0.25) is 0 Å². The van der Waals surface area contributed by atoms with Gasteiger partial charge in [-0.1, -0.05) is 30.7 Å². The lowest BCUT2D eigenvalue weighted by molar-refractivity contribution is 0.517. The van der Waals surface area contributed by atoms with E-state index in [1.165, 1.54) is 11.1 Å². The Morgan fingerprint density at radius 1 is 1.26 bits per heavy atom. The second-order valence-electron chi connectivity index (χ2n) is 4.81. The minimum absolute atomic E-state index is 0.339. The van der Waals surface area contributed by atoms with Gasteiger partial charge in [0.1, 0.15) is 0 Å². The highest BCUT2D eigenvalue weighted by Crippen LogP contribution is 2.20. The number of hydrogen-bond acceptors (Lipinski definition) is 2. The largest absolute Gasteiger partial charge is 0.306 e. The van der Waals surface area contributed by atoms with Gasteiger partial charge >= 0.3 is 0 Å². The van der Waals surface area contributed by atoms with Crippen LogP contribution in [0.1, 0.15) is 41.9 Å². The summed E-state index contributed by atoms with van der Waals surface area (Å²) >= 11 is 5.93. The fraction of sp³-hybridized carbons (Fsp3) is 0.400. The van der Waals surface area contributed by atoms with Crippen LogP contribution in [0.3, 0.4) is 0 Å². The molecule has 0 amide bonds. The Kier molecular flexibility index (Phi) is 4.61. The molecule has 19 heavy (non-hydrogen) atoms. The summed E-state index contributed by atoms with van der Waals surface area (Å²) in [6.07, 6.45) is 1.04. The lowest BCUT2D eigenvalue weighted by Crippen LogP contribution is -2.20. The summed E-state index contributed by atoms with van der Waals surface area (Å²) < 4.78 is 0. The molecule has 0 aliphatic heterocycles. The van der Waals surface area contributed by atoms with Gasteiger partial charge in [0, 0.05) is 28.9 Å². The number of aromatic nitrogens is 2. The van der Waals surface area contributed by atoms with Crippen LogP contribution in [0.5, 0.6) is 0 Å². The molecule has 2 N–H and O–H groups in total. The van der Waals surface area contributed by atoms with E-state index in [-0.39, 0.29) is 0 Å². The third-order valence-electron chi connectivity index (χ3n) is 3.49. The molecule has 1 aromatic heterocycles. The van der Waals surface area contributed by atoms with Crippen molar-refractivity contribution in [3.8, 4) is 0 Å². The highest BCUT2D eigenvalue weighted by atomic mass is 35.5. The van der Waals surface area contributed by atoms with Crippen LogP contribution in [-0.4, -0.2) is 10.2 Å². The maximum absolute atomic E-state index is 5.93. The molecule has 0 radical (unpaired) electrons. The Morgan fingerprint density at radius 2 is 1.95 bits per heavy atom. The average Bonchev–Trinajstić information content (AvgIpc) is 2.72. The normalized spacial score (nSPS) is 12.6. The molecule has 0 saturated carbocycles. The van der Waals surface area contributed by atoms with E-state index in [0.29, 0.717) is 6.04 Å². The van der Waals surface area contributed by atoms with Crippen molar-refractivity contribution in [2.75, 3.05) is 0 Å². The summed E-state index contributed by atoms with van der Waals surface area (Å²) in [6.45, 7) is 7.10. The van der Waals surface area contributed by atoms with Crippen LogP contribution < -0.4 is 5.32 Å². The average molecular weight is 278 g/mol. The molecule has 0 spiro atoms. The van der Waals surface area contributed by atoms with Crippen molar-refractivity contribution in [1.29, 1.82) is 0 Å². The molecular weight excluding hydrogens is 258 g/mol. The minimum atomic E-state index is 0.339. The van der Waals surface area contributed by atoms with Crippen LogP contribution in [0.4, 0.5) is 0 Å². The van der Waals surface area contributed by atoms with Crippen LogP contribution in [0.15, 0.2) is 24.3 Å². The fourth-order valence-corrected chi connectivity index (χ4v) is 2.38. The molecule has 102 valence electrons. The van der Waals surface area contributed by atoms with Crippen molar-refractivity contribution < 1.29 is 0 Å². The lowest BCUT2D eigenvalue weighted by Gasteiger charge is -2.17. The molecule has 2 aromatic rings. The molecule has 0 fully saturated rings. The van der Waals surface area contributed by atoms with Gasteiger partial charge in [-0.05, 0) is 38.0 Å². The molecule has 1 aromatic carbocycles. The summed E-state index contributed by atoms with van der Waals surface area (Å²) in [5, 5.41) is 11.6. The molecule has 1 unspecified atom stereocenters. The molecule has 1 atom stereocenters. The number of nitrogens with one attached hydrogen (secondary N) is 2. The van der Waals surface area contributed by atoms with Gasteiger partial charge in [-0.3, -0.25) is 5.10 Å². The highest BCUT2D eigenvalue weighted by Gasteiger charge is 2.11. The van der Waals surface area contributed by atoms with Crippen LogP contribution in [-0.2, 0) is 6.54 Å². The molecule has 0 aliphatic carbocycles. The smallest absolute Gasteiger partial charge is 0.0638 e. The standard InChI is InChI=1S/C15H20ClN3/c1-4-15(12-5-7-13(16)8-6-12)17-9-14-10(2)18-19-11(14)3/h5-8,15,17H,4,9H2,1-3H3,(H,18,19). The van der Waals surface area contributed by atoms with Crippen LogP contribution >= 0.6 is 11.6 Å². The van der Waals surface area contributed by atoms with Crippen molar-refractivity contribution in [3.63, 3.8) is 0 Å².